The highest BCUT2D eigenvalue weighted by Crippen LogP contribution is 2.31. The number of rotatable bonds is 4. The first kappa shape index (κ1) is 13.6. The fourth-order valence-corrected chi connectivity index (χ4v) is 3.27. The van der Waals surface area contributed by atoms with Gasteiger partial charge in [0.25, 0.3) is 0 Å². The van der Waals surface area contributed by atoms with Crippen LogP contribution in [0.25, 0.3) is 0 Å². The highest BCUT2D eigenvalue weighted by atomic mass is 35.5. The lowest BCUT2D eigenvalue weighted by Gasteiger charge is -2.17. The smallest absolute Gasteiger partial charge is 0.0608 e. The van der Waals surface area contributed by atoms with Gasteiger partial charge in [-0.25, -0.2) is 0 Å². The van der Waals surface area contributed by atoms with E-state index in [-0.39, 0.29) is 6.04 Å². The van der Waals surface area contributed by atoms with Crippen molar-refractivity contribution in [3.05, 3.63) is 56.2 Å². The number of thiophene rings is 1. The molecular formula is C14H17ClN2S. The average Bonchev–Trinajstić information content (AvgIpc) is 2.77. The second kappa shape index (κ2) is 5.85. The molecule has 3 N–H and O–H groups in total. The Morgan fingerprint density at radius 1 is 1.33 bits per heavy atom. The van der Waals surface area contributed by atoms with Crippen LogP contribution in [-0.4, -0.2) is 0 Å². The first-order chi connectivity index (χ1) is 8.61. The third kappa shape index (κ3) is 2.93. The molecule has 0 aliphatic heterocycles. The molecule has 0 bridgehead atoms. The molecule has 2 aromatic rings. The molecular weight excluding hydrogens is 264 g/mol. The average molecular weight is 281 g/mol. The molecule has 1 aromatic heterocycles. The van der Waals surface area contributed by atoms with Crippen molar-refractivity contribution in [1.82, 2.24) is 5.43 Å². The van der Waals surface area contributed by atoms with Crippen LogP contribution in [0.2, 0.25) is 5.02 Å². The maximum atomic E-state index is 6.17. The molecule has 0 saturated heterocycles. The first-order valence-electron chi connectivity index (χ1n) is 5.87. The van der Waals surface area contributed by atoms with E-state index >= 15 is 0 Å². The van der Waals surface area contributed by atoms with Crippen LogP contribution in [-0.2, 0) is 6.42 Å². The minimum atomic E-state index is 0.0676. The molecule has 1 atom stereocenters. The molecule has 0 spiro atoms. The molecule has 0 aliphatic rings. The molecule has 2 nitrogen and oxygen atoms in total. The van der Waals surface area contributed by atoms with Crippen LogP contribution >= 0.6 is 22.9 Å². The summed E-state index contributed by atoms with van der Waals surface area (Å²) in [6, 6.07) is 8.46. The number of benzene rings is 1. The summed E-state index contributed by atoms with van der Waals surface area (Å²) < 4.78 is 0. The lowest BCUT2D eigenvalue weighted by atomic mass is 9.98. The van der Waals surface area contributed by atoms with Crippen molar-refractivity contribution in [1.29, 1.82) is 0 Å². The van der Waals surface area contributed by atoms with Gasteiger partial charge in [0.2, 0.25) is 0 Å². The van der Waals surface area contributed by atoms with Crippen LogP contribution in [0.5, 0.6) is 0 Å². The summed E-state index contributed by atoms with van der Waals surface area (Å²) in [7, 11) is 0. The SMILES string of the molecule is Cc1ccc(C)c(CC(NN)c2sccc2Cl)c1. The number of halogens is 1. The molecule has 1 heterocycles. The van der Waals surface area contributed by atoms with Crippen molar-refractivity contribution < 1.29 is 0 Å². The Morgan fingerprint density at radius 2 is 2.11 bits per heavy atom. The van der Waals surface area contributed by atoms with Crippen molar-refractivity contribution in [3.63, 3.8) is 0 Å². The monoisotopic (exact) mass is 280 g/mol. The standard InChI is InChI=1S/C14H17ClN2S/c1-9-3-4-10(2)11(7-9)8-13(17-16)14-12(15)5-6-18-14/h3-7,13,17H,8,16H2,1-2H3. The molecule has 1 aromatic carbocycles. The molecule has 1 unspecified atom stereocenters. The lowest BCUT2D eigenvalue weighted by Crippen LogP contribution is -2.29. The van der Waals surface area contributed by atoms with Gasteiger partial charge in [-0.3, -0.25) is 11.3 Å². The van der Waals surface area contributed by atoms with Crippen molar-refractivity contribution in [2.75, 3.05) is 0 Å². The molecule has 96 valence electrons. The van der Waals surface area contributed by atoms with Crippen molar-refractivity contribution >= 4 is 22.9 Å². The van der Waals surface area contributed by atoms with Gasteiger partial charge < -0.3 is 0 Å². The first-order valence-corrected chi connectivity index (χ1v) is 7.12. The number of hydrogen-bond donors (Lipinski definition) is 2. The minimum absolute atomic E-state index is 0.0676. The topological polar surface area (TPSA) is 38.0 Å². The van der Waals surface area contributed by atoms with E-state index in [0.717, 1.165) is 16.3 Å². The summed E-state index contributed by atoms with van der Waals surface area (Å²) in [5.41, 5.74) is 6.73. The number of aryl methyl sites for hydroxylation is 2. The van der Waals surface area contributed by atoms with E-state index in [0.29, 0.717) is 0 Å². The molecule has 0 fully saturated rings. The van der Waals surface area contributed by atoms with Gasteiger partial charge in [-0.1, -0.05) is 35.4 Å². The van der Waals surface area contributed by atoms with E-state index in [4.69, 9.17) is 17.4 Å². The van der Waals surface area contributed by atoms with Crippen LogP contribution in [0.1, 0.15) is 27.6 Å². The molecule has 0 aliphatic carbocycles. The van der Waals surface area contributed by atoms with Crippen LogP contribution in [0.3, 0.4) is 0 Å². The zero-order valence-electron chi connectivity index (χ0n) is 10.5. The van der Waals surface area contributed by atoms with Crippen molar-refractivity contribution in [3.8, 4) is 0 Å². The van der Waals surface area contributed by atoms with Crippen LogP contribution < -0.4 is 11.3 Å². The molecule has 2 rings (SSSR count). The Balaban J connectivity index is 2.26. The van der Waals surface area contributed by atoms with E-state index in [1.807, 2.05) is 11.4 Å². The Labute approximate surface area is 117 Å². The van der Waals surface area contributed by atoms with Gasteiger partial charge in [-0.15, -0.1) is 11.3 Å². The zero-order valence-corrected chi connectivity index (χ0v) is 12.1. The molecule has 4 heteroatoms. The van der Waals surface area contributed by atoms with Gasteiger partial charge >= 0.3 is 0 Å². The Bertz CT molecular complexity index is 536. The summed E-state index contributed by atoms with van der Waals surface area (Å²) >= 11 is 7.80. The molecule has 18 heavy (non-hydrogen) atoms. The number of hydrazine groups is 1. The maximum Gasteiger partial charge on any atom is 0.0608 e. The van der Waals surface area contributed by atoms with E-state index in [9.17, 15) is 0 Å². The zero-order chi connectivity index (χ0) is 13.1. The number of nitrogens with two attached hydrogens (primary N) is 1. The fourth-order valence-electron chi connectivity index (χ4n) is 2.02. The van der Waals surface area contributed by atoms with Gasteiger partial charge in [-0.2, -0.15) is 0 Å². The van der Waals surface area contributed by atoms with Gasteiger partial charge in [0.05, 0.1) is 11.1 Å². The minimum Gasteiger partial charge on any atom is -0.271 e. The van der Waals surface area contributed by atoms with E-state index < -0.39 is 0 Å². The molecule has 0 saturated carbocycles. The molecule has 0 amide bonds. The summed E-state index contributed by atoms with van der Waals surface area (Å²) in [5, 5.41) is 2.78. The Hall–Kier alpha value is -0.870. The third-order valence-electron chi connectivity index (χ3n) is 3.09. The van der Waals surface area contributed by atoms with Crippen molar-refractivity contribution in [2.45, 2.75) is 26.3 Å². The Morgan fingerprint density at radius 3 is 2.72 bits per heavy atom. The highest BCUT2D eigenvalue weighted by Gasteiger charge is 2.16. The second-order valence-corrected chi connectivity index (χ2v) is 5.84. The Kier molecular flexibility index (Phi) is 4.40. The summed E-state index contributed by atoms with van der Waals surface area (Å²) in [5.74, 6) is 5.67. The second-order valence-electron chi connectivity index (χ2n) is 4.49. The summed E-state index contributed by atoms with van der Waals surface area (Å²) in [6.45, 7) is 4.23. The van der Waals surface area contributed by atoms with Crippen LogP contribution in [0.15, 0.2) is 29.6 Å². The van der Waals surface area contributed by atoms with E-state index in [1.165, 1.54) is 16.7 Å². The third-order valence-corrected chi connectivity index (χ3v) is 4.56. The predicted molar refractivity (Wildman–Crippen MR) is 79.0 cm³/mol. The molecule has 0 radical (unpaired) electrons. The van der Waals surface area contributed by atoms with Gasteiger partial charge in [-0.05, 0) is 42.8 Å². The van der Waals surface area contributed by atoms with Crippen LogP contribution in [0.4, 0.5) is 0 Å². The summed E-state index contributed by atoms with van der Waals surface area (Å²) in [6.07, 6.45) is 0.851. The largest absolute Gasteiger partial charge is 0.271 e. The van der Waals surface area contributed by atoms with Crippen LogP contribution in [0, 0.1) is 13.8 Å². The predicted octanol–water partition coefficient (Wildman–Crippen LogP) is 3.77. The van der Waals surface area contributed by atoms with Gasteiger partial charge in [0.15, 0.2) is 0 Å². The maximum absolute atomic E-state index is 6.17. The van der Waals surface area contributed by atoms with E-state index in [1.54, 1.807) is 11.3 Å². The quantitative estimate of drug-likeness (QED) is 0.661. The van der Waals surface area contributed by atoms with Gasteiger partial charge in [0.1, 0.15) is 0 Å². The van der Waals surface area contributed by atoms with Crippen molar-refractivity contribution in [2.24, 2.45) is 5.84 Å². The highest BCUT2D eigenvalue weighted by molar-refractivity contribution is 7.10. The lowest BCUT2D eigenvalue weighted by molar-refractivity contribution is 0.559. The summed E-state index contributed by atoms with van der Waals surface area (Å²) in [4.78, 5) is 1.10. The number of hydrogen-bond acceptors (Lipinski definition) is 3. The number of nitrogens with one attached hydrogen (secondary N) is 1. The van der Waals surface area contributed by atoms with Gasteiger partial charge in [0, 0.05) is 4.88 Å². The fraction of sp³-hybridized carbons (Fsp3) is 0.286. The van der Waals surface area contributed by atoms with E-state index in [2.05, 4.69) is 37.5 Å². The normalized spacial score (nSPS) is 12.7.